The number of rotatable bonds is 6. The van der Waals surface area contributed by atoms with E-state index in [1.165, 1.54) is 47.8 Å². The Hall–Kier alpha value is -3.17. The second kappa shape index (κ2) is 8.91. The number of carbonyl (C=O) groups is 1. The molecule has 0 aliphatic heterocycles. The molecule has 1 amide bonds. The zero-order valence-corrected chi connectivity index (χ0v) is 17.2. The van der Waals surface area contributed by atoms with Crippen molar-refractivity contribution in [1.29, 1.82) is 0 Å². The first-order chi connectivity index (χ1) is 14.6. The van der Waals surface area contributed by atoms with Crippen molar-refractivity contribution < 1.29 is 26.4 Å². The molecule has 0 saturated carbocycles. The SMILES string of the molecule is CN(Cc1ccc(C(=O)Nc2cccc(C(F)(F)F)c2)cc1)S(=O)(=O)c1ccccc1. The van der Waals surface area contributed by atoms with Crippen molar-refractivity contribution in [3.63, 3.8) is 0 Å². The van der Waals surface area contributed by atoms with E-state index in [-0.39, 0.29) is 22.7 Å². The lowest BCUT2D eigenvalue weighted by atomic mass is 10.1. The highest BCUT2D eigenvalue weighted by Gasteiger charge is 2.30. The molecule has 3 aromatic rings. The number of anilines is 1. The van der Waals surface area contributed by atoms with Gasteiger partial charge in [-0.1, -0.05) is 36.4 Å². The van der Waals surface area contributed by atoms with Crippen LogP contribution in [0.5, 0.6) is 0 Å². The van der Waals surface area contributed by atoms with Gasteiger partial charge in [-0.05, 0) is 48.0 Å². The number of halogens is 3. The van der Waals surface area contributed by atoms with Gasteiger partial charge in [0.1, 0.15) is 0 Å². The number of nitrogens with zero attached hydrogens (tertiary/aromatic N) is 1. The summed E-state index contributed by atoms with van der Waals surface area (Å²) in [5.41, 5.74) is 0.0493. The quantitative estimate of drug-likeness (QED) is 0.590. The van der Waals surface area contributed by atoms with E-state index in [0.717, 1.165) is 12.1 Å². The van der Waals surface area contributed by atoms with Gasteiger partial charge in [-0.3, -0.25) is 4.79 Å². The molecule has 5 nitrogen and oxygen atoms in total. The molecule has 0 unspecified atom stereocenters. The molecule has 0 saturated heterocycles. The Morgan fingerprint density at radius 2 is 1.58 bits per heavy atom. The minimum absolute atomic E-state index is 0.0255. The van der Waals surface area contributed by atoms with Crippen LogP contribution in [0, 0.1) is 0 Å². The second-order valence-corrected chi connectivity index (χ2v) is 8.85. The standard InChI is InChI=1S/C22H19F3N2O3S/c1-27(31(29,30)20-8-3-2-4-9-20)15-16-10-12-17(13-11-16)21(28)26-19-7-5-6-18(14-19)22(23,24)25/h2-14H,15H2,1H3,(H,26,28). The topological polar surface area (TPSA) is 66.5 Å². The molecule has 0 aliphatic rings. The van der Waals surface area contributed by atoms with Gasteiger partial charge in [0.25, 0.3) is 5.91 Å². The number of benzene rings is 3. The first-order valence-electron chi connectivity index (χ1n) is 9.16. The molecule has 0 bridgehead atoms. The summed E-state index contributed by atoms with van der Waals surface area (Å²) in [4.78, 5) is 12.5. The number of hydrogen-bond donors (Lipinski definition) is 1. The number of hydrogen-bond acceptors (Lipinski definition) is 3. The molecule has 1 N–H and O–H groups in total. The molecule has 162 valence electrons. The fourth-order valence-electron chi connectivity index (χ4n) is 2.85. The number of alkyl halides is 3. The highest BCUT2D eigenvalue weighted by Crippen LogP contribution is 2.30. The molecule has 0 heterocycles. The maximum atomic E-state index is 12.8. The summed E-state index contributed by atoms with van der Waals surface area (Å²) < 4.78 is 64.8. The summed E-state index contributed by atoms with van der Waals surface area (Å²) in [5, 5.41) is 2.43. The van der Waals surface area contributed by atoms with E-state index in [2.05, 4.69) is 5.32 Å². The number of sulfonamides is 1. The lowest BCUT2D eigenvalue weighted by molar-refractivity contribution is -0.137. The fourth-order valence-corrected chi connectivity index (χ4v) is 4.03. The largest absolute Gasteiger partial charge is 0.416 e. The van der Waals surface area contributed by atoms with Gasteiger partial charge in [-0.2, -0.15) is 17.5 Å². The second-order valence-electron chi connectivity index (χ2n) is 6.80. The fraction of sp³-hybridized carbons (Fsp3) is 0.136. The molecule has 9 heteroatoms. The smallest absolute Gasteiger partial charge is 0.322 e. The van der Waals surface area contributed by atoms with E-state index in [1.54, 1.807) is 30.3 Å². The first kappa shape index (κ1) is 22.5. The summed E-state index contributed by atoms with van der Waals surface area (Å²) in [6.45, 7) is 0.0900. The Bertz CT molecular complexity index is 1160. The van der Waals surface area contributed by atoms with Crippen LogP contribution in [0.25, 0.3) is 0 Å². The predicted octanol–water partition coefficient (Wildman–Crippen LogP) is 4.78. The summed E-state index contributed by atoms with van der Waals surface area (Å²) in [7, 11) is -2.20. The Balaban J connectivity index is 1.68. The molecule has 0 atom stereocenters. The normalized spacial score (nSPS) is 12.0. The lowest BCUT2D eigenvalue weighted by Gasteiger charge is -2.17. The minimum atomic E-state index is -4.51. The predicted molar refractivity (Wildman–Crippen MR) is 111 cm³/mol. The number of nitrogens with one attached hydrogen (secondary N) is 1. The van der Waals surface area contributed by atoms with Crippen molar-refractivity contribution in [2.45, 2.75) is 17.6 Å². The van der Waals surface area contributed by atoms with Crippen LogP contribution in [0.1, 0.15) is 21.5 Å². The van der Waals surface area contributed by atoms with E-state index in [0.29, 0.717) is 5.56 Å². The third-order valence-electron chi connectivity index (χ3n) is 4.52. The number of amides is 1. The van der Waals surface area contributed by atoms with E-state index in [1.807, 2.05) is 0 Å². The van der Waals surface area contributed by atoms with Crippen LogP contribution in [0.3, 0.4) is 0 Å². The molecular weight excluding hydrogens is 429 g/mol. The average molecular weight is 448 g/mol. The number of carbonyl (C=O) groups excluding carboxylic acids is 1. The molecule has 0 aliphatic carbocycles. The molecule has 0 spiro atoms. The average Bonchev–Trinajstić information content (AvgIpc) is 2.74. The van der Waals surface area contributed by atoms with Crippen LogP contribution >= 0.6 is 0 Å². The van der Waals surface area contributed by atoms with Crippen molar-refractivity contribution in [1.82, 2.24) is 4.31 Å². The van der Waals surface area contributed by atoms with Crippen LogP contribution in [0.4, 0.5) is 18.9 Å². The Morgan fingerprint density at radius 3 is 2.19 bits per heavy atom. The summed E-state index contributed by atoms with van der Waals surface area (Å²) in [5.74, 6) is -0.573. The van der Waals surface area contributed by atoms with Gasteiger partial charge in [-0.25, -0.2) is 8.42 Å². The molecule has 31 heavy (non-hydrogen) atoms. The third kappa shape index (κ3) is 5.50. The maximum Gasteiger partial charge on any atom is 0.416 e. The lowest BCUT2D eigenvalue weighted by Crippen LogP contribution is -2.26. The molecule has 0 fully saturated rings. The van der Waals surface area contributed by atoms with Crippen molar-refractivity contribution in [2.75, 3.05) is 12.4 Å². The van der Waals surface area contributed by atoms with Gasteiger partial charge in [0.2, 0.25) is 10.0 Å². The monoisotopic (exact) mass is 448 g/mol. The Kier molecular flexibility index (Phi) is 6.47. The van der Waals surface area contributed by atoms with E-state index < -0.39 is 27.7 Å². The molecular formula is C22H19F3N2O3S. The van der Waals surface area contributed by atoms with E-state index in [9.17, 15) is 26.4 Å². The van der Waals surface area contributed by atoms with Crippen LogP contribution in [-0.4, -0.2) is 25.7 Å². The molecule has 0 radical (unpaired) electrons. The Labute approximate surface area is 178 Å². The highest BCUT2D eigenvalue weighted by molar-refractivity contribution is 7.89. The summed E-state index contributed by atoms with van der Waals surface area (Å²) >= 11 is 0. The first-order valence-corrected chi connectivity index (χ1v) is 10.6. The van der Waals surface area contributed by atoms with Gasteiger partial charge in [-0.15, -0.1) is 0 Å². The van der Waals surface area contributed by atoms with E-state index >= 15 is 0 Å². The van der Waals surface area contributed by atoms with Gasteiger partial charge in [0, 0.05) is 24.8 Å². The Morgan fingerprint density at radius 1 is 0.935 bits per heavy atom. The van der Waals surface area contributed by atoms with Gasteiger partial charge in [0.15, 0.2) is 0 Å². The van der Waals surface area contributed by atoms with E-state index in [4.69, 9.17) is 0 Å². The third-order valence-corrected chi connectivity index (χ3v) is 6.34. The molecule has 0 aromatic heterocycles. The summed E-state index contributed by atoms with van der Waals surface area (Å²) in [6.07, 6.45) is -4.51. The zero-order valence-electron chi connectivity index (χ0n) is 16.4. The van der Waals surface area contributed by atoms with Crippen molar-refractivity contribution in [3.8, 4) is 0 Å². The van der Waals surface area contributed by atoms with Crippen molar-refractivity contribution in [3.05, 3.63) is 95.6 Å². The van der Waals surface area contributed by atoms with Crippen LogP contribution in [-0.2, 0) is 22.7 Å². The highest BCUT2D eigenvalue weighted by atomic mass is 32.2. The maximum absolute atomic E-state index is 12.8. The van der Waals surface area contributed by atoms with Crippen molar-refractivity contribution in [2.24, 2.45) is 0 Å². The minimum Gasteiger partial charge on any atom is -0.322 e. The molecule has 3 aromatic carbocycles. The summed E-state index contributed by atoms with van der Waals surface area (Å²) in [6, 6.07) is 18.5. The van der Waals surface area contributed by atoms with Crippen LogP contribution in [0.15, 0.2) is 83.8 Å². The van der Waals surface area contributed by atoms with Gasteiger partial charge >= 0.3 is 6.18 Å². The van der Waals surface area contributed by atoms with Crippen molar-refractivity contribution >= 4 is 21.6 Å². The van der Waals surface area contributed by atoms with Gasteiger partial charge in [0.05, 0.1) is 10.5 Å². The van der Waals surface area contributed by atoms with Gasteiger partial charge < -0.3 is 5.32 Å². The molecule has 3 rings (SSSR count). The van der Waals surface area contributed by atoms with Crippen LogP contribution in [0.2, 0.25) is 0 Å². The zero-order chi connectivity index (χ0) is 22.6. The van der Waals surface area contributed by atoms with Crippen LogP contribution < -0.4 is 5.32 Å².